The zero-order valence-corrected chi connectivity index (χ0v) is 16.3. The van der Waals surface area contributed by atoms with Crippen molar-refractivity contribution in [3.05, 3.63) is 71.8 Å². The van der Waals surface area contributed by atoms with Crippen molar-refractivity contribution >= 4 is 27.9 Å². The van der Waals surface area contributed by atoms with Crippen molar-refractivity contribution in [2.24, 2.45) is 5.73 Å². The van der Waals surface area contributed by atoms with Crippen molar-refractivity contribution in [3.63, 3.8) is 0 Å². The van der Waals surface area contributed by atoms with Crippen molar-refractivity contribution in [1.82, 2.24) is 5.32 Å². The molecule has 0 atom stereocenters. The number of hydrogen-bond donors (Lipinski definition) is 2. The molecule has 0 radical (unpaired) electrons. The molecule has 0 saturated carbocycles. The average molecular weight is 405 g/mol. The Morgan fingerprint density at radius 2 is 1.32 bits per heavy atom. The molecule has 0 aliphatic heterocycles. The lowest BCUT2D eigenvalue weighted by Crippen LogP contribution is -2.46. The van der Waals surface area contributed by atoms with Gasteiger partial charge in [0.1, 0.15) is 4.32 Å². The highest BCUT2D eigenvalue weighted by atomic mass is 79.9. The lowest BCUT2D eigenvalue weighted by Gasteiger charge is -2.21. The van der Waals surface area contributed by atoms with Crippen LogP contribution in [-0.2, 0) is 11.2 Å². The van der Waals surface area contributed by atoms with Gasteiger partial charge in [-0.1, -0.05) is 90.4 Å². The van der Waals surface area contributed by atoms with Crippen LogP contribution in [0.2, 0.25) is 0 Å². The van der Waals surface area contributed by atoms with Crippen LogP contribution >= 0.6 is 15.9 Å². The Balaban J connectivity index is 0.000000252. The fraction of sp³-hybridized carbons (Fsp3) is 0.300. The number of imide groups is 1. The van der Waals surface area contributed by atoms with Crippen LogP contribution in [-0.4, -0.2) is 16.3 Å². The van der Waals surface area contributed by atoms with Crippen LogP contribution in [0.3, 0.4) is 0 Å². The number of carbonyl (C=O) groups is 2. The van der Waals surface area contributed by atoms with E-state index < -0.39 is 10.4 Å². The number of carbonyl (C=O) groups excluding carboxylic acids is 2. The van der Waals surface area contributed by atoms with Gasteiger partial charge in [0.05, 0.1) is 0 Å². The number of rotatable bonds is 5. The molecule has 0 aromatic heterocycles. The predicted octanol–water partition coefficient (Wildman–Crippen LogP) is 4.41. The van der Waals surface area contributed by atoms with Crippen LogP contribution in [0.15, 0.2) is 60.7 Å². The second-order valence-corrected chi connectivity index (χ2v) is 7.16. The minimum absolute atomic E-state index is 0.375. The Hall–Kier alpha value is -2.14. The third kappa shape index (κ3) is 7.52. The SMILES string of the molecule is CCC(Br)(CC)C(=O)NC(N)=O.c1ccc(Cc2ccccc2)cc1. The van der Waals surface area contributed by atoms with Crippen LogP contribution in [0.4, 0.5) is 4.79 Å². The van der Waals surface area contributed by atoms with Crippen molar-refractivity contribution in [1.29, 1.82) is 0 Å². The molecule has 0 bridgehead atoms. The second-order valence-electron chi connectivity index (χ2n) is 5.64. The molecule has 3 amide bonds. The number of hydrogen-bond acceptors (Lipinski definition) is 2. The zero-order chi connectivity index (χ0) is 18.7. The summed E-state index contributed by atoms with van der Waals surface area (Å²) in [4.78, 5) is 21.6. The molecular formula is C20H25BrN2O2. The maximum atomic E-state index is 11.3. The summed E-state index contributed by atoms with van der Waals surface area (Å²) < 4.78 is -0.665. The van der Waals surface area contributed by atoms with Crippen LogP contribution < -0.4 is 11.1 Å². The lowest BCUT2D eigenvalue weighted by atomic mass is 10.0. The van der Waals surface area contributed by atoms with Gasteiger partial charge in [-0.2, -0.15) is 0 Å². The molecule has 0 fully saturated rings. The third-order valence-corrected chi connectivity index (χ3v) is 5.34. The van der Waals surface area contributed by atoms with E-state index in [9.17, 15) is 9.59 Å². The van der Waals surface area contributed by atoms with E-state index in [0.29, 0.717) is 12.8 Å². The summed E-state index contributed by atoms with van der Waals surface area (Å²) in [5.74, 6) is -0.375. The summed E-state index contributed by atoms with van der Waals surface area (Å²) in [6, 6.07) is 20.3. The molecule has 0 unspecified atom stereocenters. The molecular weight excluding hydrogens is 380 g/mol. The zero-order valence-electron chi connectivity index (χ0n) is 14.7. The first-order valence-corrected chi connectivity index (χ1v) is 9.08. The topological polar surface area (TPSA) is 72.2 Å². The van der Waals surface area contributed by atoms with Crippen molar-refractivity contribution in [2.75, 3.05) is 0 Å². The number of alkyl halides is 1. The highest BCUT2D eigenvalue weighted by Crippen LogP contribution is 2.26. The van der Waals surface area contributed by atoms with Gasteiger partial charge < -0.3 is 5.73 Å². The molecule has 5 heteroatoms. The monoisotopic (exact) mass is 404 g/mol. The van der Waals surface area contributed by atoms with E-state index in [1.165, 1.54) is 11.1 Å². The summed E-state index contributed by atoms with van der Waals surface area (Å²) in [6.45, 7) is 3.72. The normalized spacial score (nSPS) is 10.4. The number of urea groups is 1. The summed E-state index contributed by atoms with van der Waals surface area (Å²) >= 11 is 3.26. The van der Waals surface area contributed by atoms with Gasteiger partial charge in [-0.25, -0.2) is 4.79 Å². The second kappa shape index (κ2) is 10.7. The molecule has 4 nitrogen and oxygen atoms in total. The molecule has 25 heavy (non-hydrogen) atoms. The smallest absolute Gasteiger partial charge is 0.318 e. The molecule has 0 saturated heterocycles. The molecule has 134 valence electrons. The molecule has 2 aromatic carbocycles. The van der Waals surface area contributed by atoms with Crippen molar-refractivity contribution in [3.8, 4) is 0 Å². The van der Waals surface area contributed by atoms with E-state index in [1.807, 2.05) is 19.2 Å². The van der Waals surface area contributed by atoms with Gasteiger partial charge in [-0.15, -0.1) is 0 Å². The molecule has 0 heterocycles. The van der Waals surface area contributed by atoms with Crippen molar-refractivity contribution < 1.29 is 9.59 Å². The highest BCUT2D eigenvalue weighted by Gasteiger charge is 2.32. The van der Waals surface area contributed by atoms with Gasteiger partial charge in [-0.3, -0.25) is 10.1 Å². The quantitative estimate of drug-likeness (QED) is 0.724. The van der Waals surface area contributed by atoms with E-state index in [1.54, 1.807) is 0 Å². The molecule has 0 spiro atoms. The maximum absolute atomic E-state index is 11.3. The first-order chi connectivity index (χ1) is 11.9. The van der Waals surface area contributed by atoms with E-state index in [-0.39, 0.29) is 5.91 Å². The standard InChI is InChI=1S/C13H12.C7H13BrN2O2/c1-3-7-12(8-4-1)11-13-9-5-2-6-10-13;1-3-7(8,4-2)5(11)10-6(9)12/h1-10H,11H2;3-4H2,1-2H3,(H3,9,10,11,12). The van der Waals surface area contributed by atoms with Crippen LogP contribution in [0.1, 0.15) is 37.8 Å². The Labute approximate surface area is 157 Å². The summed E-state index contributed by atoms with van der Waals surface area (Å²) in [7, 11) is 0. The van der Waals surface area contributed by atoms with Gasteiger partial charge in [-0.05, 0) is 30.4 Å². The number of nitrogens with one attached hydrogen (secondary N) is 1. The van der Waals surface area contributed by atoms with Gasteiger partial charge in [0.25, 0.3) is 0 Å². The van der Waals surface area contributed by atoms with E-state index in [0.717, 1.165) is 6.42 Å². The van der Waals surface area contributed by atoms with E-state index in [2.05, 4.69) is 76.6 Å². The Kier molecular flexibility index (Phi) is 8.92. The number of nitrogens with two attached hydrogens (primary N) is 1. The Bertz CT molecular complexity index is 618. The number of halogens is 1. The average Bonchev–Trinajstić information content (AvgIpc) is 2.62. The number of amides is 3. The summed E-state index contributed by atoms with van der Waals surface area (Å²) in [5, 5.41) is 2.04. The molecule has 0 aliphatic carbocycles. The lowest BCUT2D eigenvalue weighted by molar-refractivity contribution is -0.122. The minimum atomic E-state index is -0.814. The summed E-state index contributed by atoms with van der Waals surface area (Å²) in [5.41, 5.74) is 7.55. The third-order valence-electron chi connectivity index (χ3n) is 3.86. The first-order valence-electron chi connectivity index (χ1n) is 8.29. The van der Waals surface area contributed by atoms with Gasteiger partial charge in [0, 0.05) is 0 Å². The van der Waals surface area contributed by atoms with Gasteiger partial charge in [0.15, 0.2) is 0 Å². The van der Waals surface area contributed by atoms with Gasteiger partial charge >= 0.3 is 6.03 Å². The van der Waals surface area contributed by atoms with Crippen LogP contribution in [0.25, 0.3) is 0 Å². The molecule has 0 aliphatic rings. The van der Waals surface area contributed by atoms with Crippen molar-refractivity contribution in [2.45, 2.75) is 37.4 Å². The largest absolute Gasteiger partial charge is 0.351 e. The molecule has 3 N–H and O–H groups in total. The maximum Gasteiger partial charge on any atom is 0.318 e. The van der Waals surface area contributed by atoms with E-state index in [4.69, 9.17) is 5.73 Å². The first kappa shape index (κ1) is 20.9. The predicted molar refractivity (Wildman–Crippen MR) is 106 cm³/mol. The van der Waals surface area contributed by atoms with Gasteiger partial charge in [0.2, 0.25) is 5.91 Å². The highest BCUT2D eigenvalue weighted by molar-refractivity contribution is 9.10. The van der Waals surface area contributed by atoms with Crippen LogP contribution in [0.5, 0.6) is 0 Å². The Morgan fingerprint density at radius 1 is 0.920 bits per heavy atom. The fourth-order valence-electron chi connectivity index (χ4n) is 2.22. The molecule has 2 aromatic rings. The number of benzene rings is 2. The fourth-order valence-corrected chi connectivity index (χ4v) is 2.32. The van der Waals surface area contributed by atoms with Crippen LogP contribution in [0, 0.1) is 0 Å². The summed E-state index contributed by atoms with van der Waals surface area (Å²) in [6.07, 6.45) is 2.26. The van der Waals surface area contributed by atoms with E-state index >= 15 is 0 Å². The minimum Gasteiger partial charge on any atom is -0.351 e. The molecule has 2 rings (SSSR count). The Morgan fingerprint density at radius 3 is 1.64 bits per heavy atom. The number of primary amides is 1.